The fourth-order valence-corrected chi connectivity index (χ4v) is 10.3. The molecule has 1 spiro atoms. The zero-order chi connectivity index (χ0) is 37.5. The van der Waals surface area contributed by atoms with Crippen molar-refractivity contribution in [3.63, 3.8) is 0 Å². The van der Waals surface area contributed by atoms with E-state index >= 15 is 0 Å². The summed E-state index contributed by atoms with van der Waals surface area (Å²) in [7, 11) is 0. The molecule has 5 heteroatoms. The number of hydrogen-bond acceptors (Lipinski definition) is 5. The van der Waals surface area contributed by atoms with Gasteiger partial charge in [0.15, 0.2) is 17.5 Å². The first kappa shape index (κ1) is 32.1. The van der Waals surface area contributed by atoms with Crippen LogP contribution in [-0.4, -0.2) is 15.0 Å². The van der Waals surface area contributed by atoms with Gasteiger partial charge in [-0.3, -0.25) is 0 Å². The molecule has 0 saturated carbocycles. The van der Waals surface area contributed by atoms with E-state index in [9.17, 15) is 0 Å². The predicted octanol–water partition coefficient (Wildman–Crippen LogP) is 13.4. The van der Waals surface area contributed by atoms with Gasteiger partial charge in [-0.2, -0.15) is 0 Å². The molecule has 10 aromatic rings. The molecule has 12 rings (SSSR count). The third-order valence-corrected chi connectivity index (χ3v) is 12.7. The van der Waals surface area contributed by atoms with E-state index in [1.165, 1.54) is 22.3 Å². The zero-order valence-electron chi connectivity index (χ0n) is 30.6. The van der Waals surface area contributed by atoms with Crippen molar-refractivity contribution in [2.75, 3.05) is 0 Å². The van der Waals surface area contributed by atoms with E-state index in [1.54, 1.807) is 11.3 Å². The summed E-state index contributed by atoms with van der Waals surface area (Å²) >= 11 is 1.78. The Morgan fingerprint density at radius 1 is 0.368 bits per heavy atom. The number of para-hydroxylation sites is 1. The number of thiophene rings is 1. The van der Waals surface area contributed by atoms with Crippen molar-refractivity contribution in [1.82, 2.24) is 15.0 Å². The highest BCUT2D eigenvalue weighted by Crippen LogP contribution is 2.63. The molecule has 0 N–H and O–H groups in total. The fourth-order valence-electron chi connectivity index (χ4n) is 9.17. The molecule has 0 atom stereocenters. The van der Waals surface area contributed by atoms with Crippen molar-refractivity contribution < 1.29 is 4.74 Å². The van der Waals surface area contributed by atoms with Crippen LogP contribution in [0.4, 0.5) is 0 Å². The van der Waals surface area contributed by atoms with Crippen LogP contribution >= 0.6 is 11.3 Å². The van der Waals surface area contributed by atoms with E-state index in [-0.39, 0.29) is 0 Å². The Kier molecular flexibility index (Phi) is 6.98. The van der Waals surface area contributed by atoms with Gasteiger partial charge in [-0.05, 0) is 63.7 Å². The molecular weight excluding hydrogens is 715 g/mol. The van der Waals surface area contributed by atoms with E-state index in [2.05, 4.69) is 164 Å². The lowest BCUT2D eigenvalue weighted by Crippen LogP contribution is -2.32. The Hall–Kier alpha value is -7.21. The number of rotatable bonds is 4. The van der Waals surface area contributed by atoms with Gasteiger partial charge in [0.05, 0.1) is 5.41 Å². The highest BCUT2D eigenvalue weighted by molar-refractivity contribution is 7.26. The minimum Gasteiger partial charge on any atom is -0.457 e. The van der Waals surface area contributed by atoms with Gasteiger partial charge < -0.3 is 4.74 Å². The first-order valence-corrected chi connectivity index (χ1v) is 20.0. The van der Waals surface area contributed by atoms with Gasteiger partial charge in [-0.15, -0.1) is 11.3 Å². The van der Waals surface area contributed by atoms with Crippen molar-refractivity contribution in [1.29, 1.82) is 0 Å². The molecule has 8 aromatic carbocycles. The van der Waals surface area contributed by atoms with Crippen molar-refractivity contribution in [2.24, 2.45) is 0 Å². The van der Waals surface area contributed by atoms with Crippen LogP contribution in [0.25, 0.3) is 76.6 Å². The Morgan fingerprint density at radius 2 is 0.930 bits per heavy atom. The number of hydrogen-bond donors (Lipinski definition) is 0. The SMILES string of the molecule is c1ccc(-c2cccc(-c3nc(-c4ccccc4)nc(-c4cccc5sc6cc7c(cc6c45)C4(c5ccccc5O7)c5ccccc5-c5ccccc54)n3)c2)cc1. The van der Waals surface area contributed by atoms with Crippen LogP contribution < -0.4 is 4.74 Å². The smallest absolute Gasteiger partial charge is 0.164 e. The number of ether oxygens (including phenoxy) is 1. The van der Waals surface area contributed by atoms with Crippen molar-refractivity contribution in [3.8, 4) is 67.9 Å². The summed E-state index contributed by atoms with van der Waals surface area (Å²) in [5, 5.41) is 2.28. The molecule has 0 unspecified atom stereocenters. The predicted molar refractivity (Wildman–Crippen MR) is 232 cm³/mol. The Balaban J connectivity index is 1.12. The maximum absolute atomic E-state index is 6.86. The third kappa shape index (κ3) is 4.76. The molecule has 0 radical (unpaired) electrons. The fraction of sp³-hybridized carbons (Fsp3) is 0.0192. The van der Waals surface area contributed by atoms with Crippen LogP contribution in [0, 0.1) is 0 Å². The normalized spacial score (nSPS) is 13.2. The van der Waals surface area contributed by atoms with E-state index in [0.717, 1.165) is 70.6 Å². The second-order valence-electron chi connectivity index (χ2n) is 14.7. The molecular formula is C52H31N3OS. The lowest BCUT2D eigenvalue weighted by Gasteiger charge is -2.39. The second-order valence-corrected chi connectivity index (χ2v) is 15.8. The Labute approximate surface area is 333 Å². The number of nitrogens with zero attached hydrogens (tertiary/aromatic N) is 3. The first-order chi connectivity index (χ1) is 28.2. The second kappa shape index (κ2) is 12.4. The average Bonchev–Trinajstić information content (AvgIpc) is 3.80. The summed E-state index contributed by atoms with van der Waals surface area (Å²) in [6, 6.07) is 66.5. The molecule has 2 aromatic heterocycles. The number of benzene rings is 8. The van der Waals surface area contributed by atoms with E-state index in [1.807, 2.05) is 24.3 Å². The van der Waals surface area contributed by atoms with Gasteiger partial charge in [-0.25, -0.2) is 15.0 Å². The molecule has 0 saturated heterocycles. The maximum atomic E-state index is 6.86. The summed E-state index contributed by atoms with van der Waals surface area (Å²) in [5.41, 5.74) is 11.9. The molecule has 1 aliphatic heterocycles. The van der Waals surface area contributed by atoms with Crippen LogP contribution in [0.2, 0.25) is 0 Å². The van der Waals surface area contributed by atoms with Gasteiger partial charge in [-0.1, -0.05) is 158 Å². The summed E-state index contributed by atoms with van der Waals surface area (Å²) in [6.07, 6.45) is 0. The van der Waals surface area contributed by atoms with Crippen molar-refractivity contribution in [2.45, 2.75) is 5.41 Å². The molecule has 1 aliphatic carbocycles. The van der Waals surface area contributed by atoms with E-state index in [4.69, 9.17) is 19.7 Å². The van der Waals surface area contributed by atoms with Crippen LogP contribution in [0.15, 0.2) is 188 Å². The number of fused-ring (bicyclic) bond motifs is 12. The summed E-state index contributed by atoms with van der Waals surface area (Å²) in [4.78, 5) is 15.6. The topological polar surface area (TPSA) is 47.9 Å². The van der Waals surface area contributed by atoms with Crippen LogP contribution in [-0.2, 0) is 5.41 Å². The van der Waals surface area contributed by atoms with Gasteiger partial charge >= 0.3 is 0 Å². The standard InChI is InChI=1S/C52H31N3OS/c1-3-15-32(16-4-1)34-19-13-20-35(29-34)50-53-49(33-17-5-2-6-18-33)54-51(55-50)38-23-14-28-46-48(38)39-30-43-45(31-47(39)57-46)56-44-27-12-11-26-42(44)52(43)40-24-9-7-21-36(40)37-22-8-10-25-41(37)52/h1-31H. The zero-order valence-corrected chi connectivity index (χ0v) is 31.4. The van der Waals surface area contributed by atoms with Crippen molar-refractivity contribution in [3.05, 3.63) is 210 Å². The average molecular weight is 746 g/mol. The monoisotopic (exact) mass is 745 g/mol. The van der Waals surface area contributed by atoms with Crippen LogP contribution in [0.5, 0.6) is 11.5 Å². The molecule has 0 bridgehead atoms. The largest absolute Gasteiger partial charge is 0.457 e. The summed E-state index contributed by atoms with van der Waals surface area (Å²) in [5.74, 6) is 3.68. The number of aromatic nitrogens is 3. The van der Waals surface area contributed by atoms with E-state index < -0.39 is 5.41 Å². The van der Waals surface area contributed by atoms with Gasteiger partial charge in [0, 0.05) is 48.0 Å². The molecule has 3 heterocycles. The minimum absolute atomic E-state index is 0.556. The van der Waals surface area contributed by atoms with Crippen LogP contribution in [0.3, 0.4) is 0 Å². The van der Waals surface area contributed by atoms with Crippen molar-refractivity contribution >= 4 is 31.5 Å². The van der Waals surface area contributed by atoms with Gasteiger partial charge in [0.25, 0.3) is 0 Å². The quantitative estimate of drug-likeness (QED) is 0.180. The maximum Gasteiger partial charge on any atom is 0.164 e. The molecule has 4 nitrogen and oxygen atoms in total. The lowest BCUT2D eigenvalue weighted by molar-refractivity contribution is 0.437. The van der Waals surface area contributed by atoms with E-state index in [0.29, 0.717) is 17.5 Å². The molecule has 57 heavy (non-hydrogen) atoms. The lowest BCUT2D eigenvalue weighted by atomic mass is 9.66. The summed E-state index contributed by atoms with van der Waals surface area (Å²) < 4.78 is 9.17. The van der Waals surface area contributed by atoms with Gasteiger partial charge in [0.1, 0.15) is 11.5 Å². The highest BCUT2D eigenvalue weighted by atomic mass is 32.1. The molecule has 0 fully saturated rings. The third-order valence-electron chi connectivity index (χ3n) is 11.6. The highest BCUT2D eigenvalue weighted by Gasteiger charge is 2.51. The Morgan fingerprint density at radius 3 is 1.68 bits per heavy atom. The molecule has 2 aliphatic rings. The summed E-state index contributed by atoms with van der Waals surface area (Å²) in [6.45, 7) is 0. The Bertz CT molecular complexity index is 3180. The first-order valence-electron chi connectivity index (χ1n) is 19.2. The molecule has 0 amide bonds. The van der Waals surface area contributed by atoms with Crippen LogP contribution in [0.1, 0.15) is 22.3 Å². The van der Waals surface area contributed by atoms with Gasteiger partial charge in [0.2, 0.25) is 0 Å². The molecule has 266 valence electrons. The minimum atomic E-state index is -0.556.